The van der Waals surface area contributed by atoms with Crippen LogP contribution in [-0.2, 0) is 14.3 Å². The van der Waals surface area contributed by atoms with Crippen LogP contribution in [0.2, 0.25) is 0 Å². The standard InChI is InChI=1S/C31H48O6/c1-17(2)9-8-10-20(28(35)36)26-22-15-24(34)27-29(5)13-12-23(33)18(3)21(29)11-14-30(27,6)31(22,7)16-25(26)37-19(4)32/h9,18,21-25,27,33-34H,8,10-16H2,1-7H3,(H,35,36)/b26-20-/t18-,21+,22-,23+,24+,25-,27-,29-,30+,31+/m0/s1. The molecule has 4 rings (SSSR count). The summed E-state index contributed by atoms with van der Waals surface area (Å²) in [6, 6.07) is 0. The lowest BCUT2D eigenvalue weighted by molar-refractivity contribution is -0.234. The van der Waals surface area contributed by atoms with Gasteiger partial charge in [0.1, 0.15) is 6.10 Å². The van der Waals surface area contributed by atoms with Crippen LogP contribution < -0.4 is 0 Å². The van der Waals surface area contributed by atoms with E-state index in [0.717, 1.165) is 36.8 Å². The second-order valence-corrected chi connectivity index (χ2v) is 13.6. The Hall–Kier alpha value is -1.66. The van der Waals surface area contributed by atoms with Gasteiger partial charge in [-0.05, 0) is 111 Å². The van der Waals surface area contributed by atoms with Gasteiger partial charge in [0.15, 0.2) is 0 Å². The molecule has 4 aliphatic carbocycles. The summed E-state index contributed by atoms with van der Waals surface area (Å²) < 4.78 is 5.87. The predicted molar refractivity (Wildman–Crippen MR) is 143 cm³/mol. The largest absolute Gasteiger partial charge is 0.478 e. The maximum Gasteiger partial charge on any atom is 0.331 e. The number of fused-ring (bicyclic) bond motifs is 5. The maximum absolute atomic E-state index is 12.6. The van der Waals surface area contributed by atoms with E-state index in [0.29, 0.717) is 37.2 Å². The van der Waals surface area contributed by atoms with Crippen LogP contribution in [0.5, 0.6) is 0 Å². The van der Waals surface area contributed by atoms with E-state index in [1.807, 2.05) is 19.9 Å². The number of aliphatic carboxylic acids is 1. The first-order chi connectivity index (χ1) is 17.2. The summed E-state index contributed by atoms with van der Waals surface area (Å²) in [6.07, 6.45) is 6.22. The molecule has 0 spiro atoms. The molecule has 208 valence electrons. The van der Waals surface area contributed by atoms with Crippen molar-refractivity contribution in [1.29, 1.82) is 0 Å². The van der Waals surface area contributed by atoms with E-state index in [4.69, 9.17) is 4.74 Å². The highest BCUT2D eigenvalue weighted by Gasteiger charge is 2.70. The Morgan fingerprint density at radius 1 is 1.03 bits per heavy atom. The highest BCUT2D eigenvalue weighted by atomic mass is 16.5. The van der Waals surface area contributed by atoms with E-state index in [1.165, 1.54) is 6.92 Å². The average molecular weight is 517 g/mol. The minimum absolute atomic E-state index is 0.0474. The van der Waals surface area contributed by atoms with Crippen LogP contribution in [0.15, 0.2) is 22.8 Å². The van der Waals surface area contributed by atoms with Crippen LogP contribution in [0.1, 0.15) is 99.8 Å². The molecule has 4 fully saturated rings. The van der Waals surface area contributed by atoms with Crippen molar-refractivity contribution in [3.8, 4) is 0 Å². The number of rotatable bonds is 5. The monoisotopic (exact) mass is 516 g/mol. The van der Waals surface area contributed by atoms with Crippen LogP contribution >= 0.6 is 0 Å². The fraction of sp³-hybridized carbons (Fsp3) is 0.806. The lowest BCUT2D eigenvalue weighted by Crippen LogP contribution is -2.65. The summed E-state index contributed by atoms with van der Waals surface area (Å²) in [4.78, 5) is 24.8. The van der Waals surface area contributed by atoms with Crippen LogP contribution in [0, 0.1) is 39.9 Å². The molecule has 4 saturated carbocycles. The van der Waals surface area contributed by atoms with Gasteiger partial charge in [0, 0.05) is 12.5 Å². The number of ether oxygens (including phenoxy) is 1. The molecule has 3 N–H and O–H groups in total. The fourth-order valence-corrected chi connectivity index (χ4v) is 9.79. The molecule has 4 aliphatic rings. The SMILES string of the molecule is CC(=O)O[C@H]1C[C@]2(C)[C@@H](C[C@@H](O)[C@H]3[C@@]4(C)CC[C@@H](O)[C@@H](C)[C@H]4CC[C@]32C)/C1=C(\CCC=C(C)C)C(=O)O. The van der Waals surface area contributed by atoms with E-state index < -0.39 is 24.1 Å². The van der Waals surface area contributed by atoms with E-state index in [1.54, 1.807) is 0 Å². The fourth-order valence-electron chi connectivity index (χ4n) is 9.79. The first-order valence-corrected chi connectivity index (χ1v) is 14.3. The number of hydrogen-bond donors (Lipinski definition) is 3. The highest BCUT2D eigenvalue weighted by Crippen LogP contribution is 2.74. The predicted octanol–water partition coefficient (Wildman–Crippen LogP) is 5.67. The van der Waals surface area contributed by atoms with Gasteiger partial charge in [-0.25, -0.2) is 4.79 Å². The molecule has 0 aromatic carbocycles. The van der Waals surface area contributed by atoms with Gasteiger partial charge in [-0.1, -0.05) is 39.3 Å². The van der Waals surface area contributed by atoms with Gasteiger partial charge < -0.3 is 20.1 Å². The summed E-state index contributed by atoms with van der Waals surface area (Å²) in [5, 5.41) is 32.9. The molecule has 0 heterocycles. The highest BCUT2D eigenvalue weighted by molar-refractivity contribution is 5.88. The first-order valence-electron chi connectivity index (χ1n) is 14.3. The number of carboxylic acids is 1. The molecule has 0 aromatic rings. The summed E-state index contributed by atoms with van der Waals surface area (Å²) in [7, 11) is 0. The van der Waals surface area contributed by atoms with Gasteiger partial charge in [0.25, 0.3) is 0 Å². The summed E-state index contributed by atoms with van der Waals surface area (Å²) >= 11 is 0. The molecule has 6 nitrogen and oxygen atoms in total. The van der Waals surface area contributed by atoms with Crippen molar-refractivity contribution in [3.63, 3.8) is 0 Å². The number of hydrogen-bond acceptors (Lipinski definition) is 5. The number of carboxylic acid groups (broad SMARTS) is 1. The number of carbonyl (C=O) groups excluding carboxylic acids is 1. The maximum atomic E-state index is 12.6. The van der Waals surface area contributed by atoms with E-state index in [2.05, 4.69) is 27.7 Å². The summed E-state index contributed by atoms with van der Waals surface area (Å²) in [5.41, 5.74) is 1.57. The lowest BCUT2D eigenvalue weighted by atomic mass is 9.36. The summed E-state index contributed by atoms with van der Waals surface area (Å²) in [5.74, 6) is -0.909. The van der Waals surface area contributed by atoms with Crippen molar-refractivity contribution >= 4 is 11.9 Å². The summed E-state index contributed by atoms with van der Waals surface area (Å²) in [6.45, 7) is 14.5. The molecule has 37 heavy (non-hydrogen) atoms. The van der Waals surface area contributed by atoms with Gasteiger partial charge in [-0.3, -0.25) is 4.79 Å². The zero-order chi connectivity index (χ0) is 27.5. The van der Waals surface area contributed by atoms with Gasteiger partial charge in [-0.2, -0.15) is 0 Å². The van der Waals surface area contributed by atoms with Crippen LogP contribution in [0.25, 0.3) is 0 Å². The van der Waals surface area contributed by atoms with Crippen LogP contribution in [-0.4, -0.2) is 45.6 Å². The Morgan fingerprint density at radius 2 is 1.70 bits per heavy atom. The number of aliphatic hydroxyl groups excluding tert-OH is 2. The molecular weight excluding hydrogens is 468 g/mol. The van der Waals surface area contributed by atoms with Crippen molar-refractivity contribution in [3.05, 3.63) is 22.8 Å². The van der Waals surface area contributed by atoms with Crippen molar-refractivity contribution in [2.24, 2.45) is 39.9 Å². The van der Waals surface area contributed by atoms with Crippen LogP contribution in [0.4, 0.5) is 0 Å². The van der Waals surface area contributed by atoms with Crippen molar-refractivity contribution in [1.82, 2.24) is 0 Å². The van der Waals surface area contributed by atoms with E-state index in [-0.39, 0.29) is 40.1 Å². The molecule has 0 radical (unpaired) electrons. The smallest absolute Gasteiger partial charge is 0.331 e. The Balaban J connectivity index is 1.82. The number of esters is 1. The molecule has 0 unspecified atom stereocenters. The minimum Gasteiger partial charge on any atom is -0.478 e. The topological polar surface area (TPSA) is 104 Å². The molecule has 6 heteroatoms. The third-order valence-corrected chi connectivity index (χ3v) is 11.6. The average Bonchev–Trinajstić information content (AvgIpc) is 3.05. The molecule has 10 atom stereocenters. The molecule has 0 saturated heterocycles. The third kappa shape index (κ3) is 4.40. The van der Waals surface area contributed by atoms with Gasteiger partial charge in [0.2, 0.25) is 0 Å². The Morgan fingerprint density at radius 3 is 2.30 bits per heavy atom. The second kappa shape index (κ2) is 9.82. The third-order valence-electron chi connectivity index (χ3n) is 11.6. The molecular formula is C31H48O6. The number of aliphatic hydroxyl groups is 2. The Labute approximate surface area is 222 Å². The van der Waals surface area contributed by atoms with E-state index in [9.17, 15) is 24.9 Å². The molecule has 0 aromatic heterocycles. The van der Waals surface area contributed by atoms with Crippen molar-refractivity contribution < 1.29 is 29.6 Å². The van der Waals surface area contributed by atoms with E-state index >= 15 is 0 Å². The molecule has 0 bridgehead atoms. The van der Waals surface area contributed by atoms with Gasteiger partial charge in [-0.15, -0.1) is 0 Å². The van der Waals surface area contributed by atoms with Gasteiger partial charge in [0.05, 0.1) is 12.2 Å². The zero-order valence-electron chi connectivity index (χ0n) is 23.8. The van der Waals surface area contributed by atoms with Crippen molar-refractivity contribution in [2.75, 3.05) is 0 Å². The van der Waals surface area contributed by atoms with Crippen LogP contribution in [0.3, 0.4) is 0 Å². The lowest BCUT2D eigenvalue weighted by Gasteiger charge is -2.69. The van der Waals surface area contributed by atoms with Gasteiger partial charge >= 0.3 is 11.9 Å². The Bertz CT molecular complexity index is 994. The number of carbonyl (C=O) groups is 2. The normalized spacial score (nSPS) is 46.2. The number of allylic oxidation sites excluding steroid dienone is 2. The Kier molecular flexibility index (Phi) is 7.53. The second-order valence-electron chi connectivity index (χ2n) is 13.6. The minimum atomic E-state index is -0.953. The first kappa shape index (κ1) is 28.4. The molecule has 0 amide bonds. The molecule has 0 aliphatic heterocycles. The van der Waals surface area contributed by atoms with Crippen molar-refractivity contribution in [2.45, 2.75) is 118 Å². The zero-order valence-corrected chi connectivity index (χ0v) is 23.8. The quantitative estimate of drug-likeness (QED) is 0.247.